The van der Waals surface area contributed by atoms with Crippen LogP contribution in [0, 0.1) is 22.7 Å². The molecule has 8 atom stereocenters. The Bertz CT molecular complexity index is 636. The highest BCUT2D eigenvalue weighted by molar-refractivity contribution is 5.80. The first kappa shape index (κ1) is 17.4. The molecule has 2 aliphatic carbocycles. The van der Waals surface area contributed by atoms with E-state index in [9.17, 15) is 4.79 Å². The molecule has 5 nitrogen and oxygen atoms in total. The molecule has 26 heavy (non-hydrogen) atoms. The summed E-state index contributed by atoms with van der Waals surface area (Å²) in [6.07, 6.45) is 6.87. The number of esters is 1. The highest BCUT2D eigenvalue weighted by atomic mass is 16.7. The smallest absolute Gasteiger partial charge is 0.312 e. The number of rotatable bonds is 1. The third-order valence-electron chi connectivity index (χ3n) is 8.89. The number of ether oxygens (including phenoxy) is 4. The van der Waals surface area contributed by atoms with E-state index in [1.54, 1.807) is 7.11 Å². The monoisotopic (exact) mass is 364 g/mol. The first-order valence-electron chi connectivity index (χ1n) is 10.3. The van der Waals surface area contributed by atoms with Crippen LogP contribution < -0.4 is 0 Å². The minimum absolute atomic E-state index is 0.0247. The van der Waals surface area contributed by atoms with Gasteiger partial charge in [-0.25, -0.2) is 0 Å². The maximum atomic E-state index is 12.8. The summed E-state index contributed by atoms with van der Waals surface area (Å²) >= 11 is 0. The fraction of sp³-hybridized carbons (Fsp3) is 0.952. The largest absolute Gasteiger partial charge is 0.462 e. The Kier molecular flexibility index (Phi) is 3.51. The van der Waals surface area contributed by atoms with Gasteiger partial charge in [0.2, 0.25) is 0 Å². The molecular weight excluding hydrogens is 332 g/mol. The Hall–Kier alpha value is -0.650. The molecule has 3 heterocycles. The zero-order chi connectivity index (χ0) is 18.4. The summed E-state index contributed by atoms with van der Waals surface area (Å²) in [5, 5.41) is 0. The molecule has 0 aromatic rings. The van der Waals surface area contributed by atoms with E-state index in [0.29, 0.717) is 12.5 Å². The molecule has 2 saturated carbocycles. The van der Waals surface area contributed by atoms with Crippen molar-refractivity contribution < 1.29 is 23.7 Å². The zero-order valence-corrected chi connectivity index (χ0v) is 16.5. The van der Waals surface area contributed by atoms with Crippen molar-refractivity contribution in [1.29, 1.82) is 0 Å². The molecule has 0 radical (unpaired) electrons. The van der Waals surface area contributed by atoms with Crippen molar-refractivity contribution in [2.75, 3.05) is 13.7 Å². The van der Waals surface area contributed by atoms with Crippen molar-refractivity contribution in [3.8, 4) is 0 Å². The van der Waals surface area contributed by atoms with E-state index in [-0.39, 0.29) is 46.3 Å². The number of methoxy groups -OCH3 is 1. The van der Waals surface area contributed by atoms with Crippen molar-refractivity contribution in [2.45, 2.75) is 89.3 Å². The van der Waals surface area contributed by atoms with Gasteiger partial charge in [0, 0.05) is 24.9 Å². The number of hydrogen-bond donors (Lipinski definition) is 0. The van der Waals surface area contributed by atoms with Gasteiger partial charge in [-0.05, 0) is 44.9 Å². The topological polar surface area (TPSA) is 54.0 Å². The molecule has 0 N–H and O–H groups in total. The molecule has 3 unspecified atom stereocenters. The van der Waals surface area contributed by atoms with Gasteiger partial charge in [0.25, 0.3) is 0 Å². The second kappa shape index (κ2) is 5.24. The predicted octanol–water partition coefficient (Wildman–Crippen LogP) is 3.45. The van der Waals surface area contributed by atoms with E-state index in [1.165, 1.54) is 0 Å². The summed E-state index contributed by atoms with van der Waals surface area (Å²) in [4.78, 5) is 12.8. The van der Waals surface area contributed by atoms with Crippen LogP contribution in [0.2, 0.25) is 0 Å². The lowest BCUT2D eigenvalue weighted by molar-refractivity contribution is -0.251. The van der Waals surface area contributed by atoms with Crippen LogP contribution in [0.15, 0.2) is 0 Å². The maximum absolute atomic E-state index is 12.8. The Morgan fingerprint density at radius 1 is 1.15 bits per heavy atom. The van der Waals surface area contributed by atoms with Gasteiger partial charge < -0.3 is 18.9 Å². The summed E-state index contributed by atoms with van der Waals surface area (Å²) in [6, 6.07) is 0. The van der Waals surface area contributed by atoms with E-state index in [1.807, 2.05) is 0 Å². The summed E-state index contributed by atoms with van der Waals surface area (Å²) in [7, 11) is 1.71. The lowest BCUT2D eigenvalue weighted by atomic mass is 9.44. The normalized spacial score (nSPS) is 58.4. The molecule has 0 bridgehead atoms. The van der Waals surface area contributed by atoms with Gasteiger partial charge in [0.1, 0.15) is 6.10 Å². The van der Waals surface area contributed by atoms with Crippen LogP contribution in [-0.4, -0.2) is 43.3 Å². The van der Waals surface area contributed by atoms with Crippen LogP contribution in [-0.2, 0) is 23.7 Å². The highest BCUT2D eigenvalue weighted by Crippen LogP contribution is 2.70. The summed E-state index contributed by atoms with van der Waals surface area (Å²) in [6.45, 7) is 7.47. The minimum Gasteiger partial charge on any atom is -0.462 e. The fourth-order valence-electron chi connectivity index (χ4n) is 7.70. The van der Waals surface area contributed by atoms with Crippen molar-refractivity contribution >= 4 is 5.97 Å². The van der Waals surface area contributed by atoms with E-state index >= 15 is 0 Å². The van der Waals surface area contributed by atoms with Crippen molar-refractivity contribution in [3.63, 3.8) is 0 Å². The lowest BCUT2D eigenvalue weighted by Gasteiger charge is -2.62. The van der Waals surface area contributed by atoms with Crippen LogP contribution in [0.3, 0.4) is 0 Å². The molecule has 0 aromatic carbocycles. The van der Waals surface area contributed by atoms with Crippen molar-refractivity contribution in [1.82, 2.24) is 0 Å². The Morgan fingerprint density at radius 3 is 2.69 bits per heavy atom. The van der Waals surface area contributed by atoms with Gasteiger partial charge in [-0.15, -0.1) is 0 Å². The van der Waals surface area contributed by atoms with Gasteiger partial charge in [-0.2, -0.15) is 0 Å². The third kappa shape index (κ3) is 1.90. The third-order valence-corrected chi connectivity index (χ3v) is 8.89. The quantitative estimate of drug-likeness (QED) is 0.667. The van der Waals surface area contributed by atoms with E-state index < -0.39 is 0 Å². The van der Waals surface area contributed by atoms with Crippen molar-refractivity contribution in [3.05, 3.63) is 0 Å². The van der Waals surface area contributed by atoms with Crippen LogP contribution in [0.5, 0.6) is 0 Å². The average Bonchev–Trinajstić information content (AvgIpc) is 3.25. The first-order chi connectivity index (χ1) is 12.3. The molecule has 5 rings (SSSR count). The van der Waals surface area contributed by atoms with Crippen LogP contribution >= 0.6 is 0 Å². The molecule has 0 aromatic heterocycles. The second-order valence-electron chi connectivity index (χ2n) is 10.1. The lowest BCUT2D eigenvalue weighted by Crippen LogP contribution is -2.65. The fourth-order valence-corrected chi connectivity index (χ4v) is 7.70. The second-order valence-corrected chi connectivity index (χ2v) is 10.1. The van der Waals surface area contributed by atoms with Crippen LogP contribution in [0.4, 0.5) is 0 Å². The van der Waals surface area contributed by atoms with Gasteiger partial charge in [-0.3, -0.25) is 4.79 Å². The van der Waals surface area contributed by atoms with E-state index in [0.717, 1.165) is 44.9 Å². The van der Waals surface area contributed by atoms with Crippen molar-refractivity contribution in [2.24, 2.45) is 22.7 Å². The Balaban J connectivity index is 1.55. The van der Waals surface area contributed by atoms with Gasteiger partial charge in [0.05, 0.1) is 23.2 Å². The molecule has 146 valence electrons. The molecule has 5 heteroatoms. The summed E-state index contributed by atoms with van der Waals surface area (Å²) in [5.74, 6) is 0.671. The van der Waals surface area contributed by atoms with Gasteiger partial charge in [0.15, 0.2) is 6.29 Å². The molecule has 3 aliphatic heterocycles. The number of hydrogen-bond acceptors (Lipinski definition) is 5. The molecule has 3 saturated heterocycles. The van der Waals surface area contributed by atoms with Crippen LogP contribution in [0.25, 0.3) is 0 Å². The maximum Gasteiger partial charge on any atom is 0.312 e. The predicted molar refractivity (Wildman–Crippen MR) is 94.4 cm³/mol. The number of carbonyl (C=O) groups excluding carboxylic acids is 1. The van der Waals surface area contributed by atoms with E-state index in [4.69, 9.17) is 18.9 Å². The summed E-state index contributed by atoms with van der Waals surface area (Å²) < 4.78 is 24.3. The molecule has 5 fully saturated rings. The molecular formula is C21H32O5. The zero-order valence-electron chi connectivity index (χ0n) is 16.5. The Labute approximate surface area is 156 Å². The standard InChI is InChI=1S/C21H32O5/c1-13-10-14-16-18(2,17(22)25-14)6-5-7-19(16,3)21(13)9-8-20(26-21)11-15(23-4)24-12-20/h13-16H,5-12H2,1-4H3/t13-,14-,15?,16?,18?,19+,20+,21-/m1/s1. The number of carbonyl (C=O) groups is 1. The Morgan fingerprint density at radius 2 is 1.96 bits per heavy atom. The highest BCUT2D eigenvalue weighted by Gasteiger charge is 2.74. The number of fused-ring (bicyclic) bond motifs is 1. The SMILES string of the molecule is COC1C[C@@]2(CC[C@@]3(O2)[C@H](C)C[C@H]2OC(=O)C4(C)CCC[C@@]3(C)C24)CO1. The van der Waals surface area contributed by atoms with Gasteiger partial charge >= 0.3 is 5.97 Å². The molecule has 5 aliphatic rings. The molecule has 2 spiro atoms. The first-order valence-corrected chi connectivity index (χ1v) is 10.3. The van der Waals surface area contributed by atoms with Gasteiger partial charge in [-0.1, -0.05) is 20.3 Å². The average molecular weight is 364 g/mol. The summed E-state index contributed by atoms with van der Waals surface area (Å²) in [5.41, 5.74) is -0.772. The molecule has 0 amide bonds. The van der Waals surface area contributed by atoms with Crippen LogP contribution in [0.1, 0.15) is 65.7 Å². The minimum atomic E-state index is -0.342. The van der Waals surface area contributed by atoms with E-state index in [2.05, 4.69) is 20.8 Å².